The van der Waals surface area contributed by atoms with Crippen molar-refractivity contribution in [2.75, 3.05) is 0 Å². The van der Waals surface area contributed by atoms with Gasteiger partial charge in [0.25, 0.3) is 0 Å². The normalized spacial score (nSPS) is 13.4. The number of thioether (sulfide) groups is 1. The minimum Gasteiger partial charge on any atom is -0.258 e. The first-order valence-electron chi connectivity index (χ1n) is 7.29. The van der Waals surface area contributed by atoms with Crippen LogP contribution in [0.15, 0.2) is 35.5 Å². The molecule has 3 rings (SSSR count). The highest BCUT2D eigenvalue weighted by Crippen LogP contribution is 2.36. The van der Waals surface area contributed by atoms with E-state index in [4.69, 9.17) is 0 Å². The number of halogens is 3. The zero-order valence-corrected chi connectivity index (χ0v) is 14.1. The van der Waals surface area contributed by atoms with Crippen LogP contribution in [0.5, 0.6) is 0 Å². The predicted octanol–water partition coefficient (Wildman–Crippen LogP) is 4.61. The molecule has 0 fully saturated rings. The summed E-state index contributed by atoms with van der Waals surface area (Å²) in [5, 5.41) is 8.91. The predicted molar refractivity (Wildman–Crippen MR) is 86.0 cm³/mol. The molecule has 0 bridgehead atoms. The van der Waals surface area contributed by atoms with E-state index < -0.39 is 11.7 Å². The van der Waals surface area contributed by atoms with E-state index in [1.807, 2.05) is 31.2 Å². The summed E-state index contributed by atoms with van der Waals surface area (Å²) < 4.78 is 39.8. The second-order valence-corrected chi connectivity index (χ2v) is 6.81. The van der Waals surface area contributed by atoms with Crippen molar-refractivity contribution in [2.45, 2.75) is 37.4 Å². The van der Waals surface area contributed by atoms with Crippen molar-refractivity contribution in [2.24, 2.45) is 0 Å². The molecule has 2 heterocycles. The molecule has 0 aliphatic carbocycles. The molecule has 0 radical (unpaired) electrons. The van der Waals surface area contributed by atoms with Crippen LogP contribution in [0, 0.1) is 13.8 Å². The third-order valence-corrected chi connectivity index (χ3v) is 4.75. The van der Waals surface area contributed by atoms with Crippen molar-refractivity contribution in [3.8, 4) is 0 Å². The molecule has 8 heteroatoms. The number of aryl methyl sites for hydroxylation is 2. The van der Waals surface area contributed by atoms with E-state index in [1.165, 1.54) is 23.9 Å². The van der Waals surface area contributed by atoms with Gasteiger partial charge in [-0.05, 0) is 38.5 Å². The number of hydrogen-bond acceptors (Lipinski definition) is 4. The van der Waals surface area contributed by atoms with E-state index in [1.54, 1.807) is 0 Å². The lowest BCUT2D eigenvalue weighted by atomic mass is 10.1. The summed E-state index contributed by atoms with van der Waals surface area (Å²) >= 11 is 1.43. The molecule has 126 valence electrons. The van der Waals surface area contributed by atoms with Gasteiger partial charge in [0.2, 0.25) is 0 Å². The van der Waals surface area contributed by atoms with E-state index in [2.05, 4.69) is 15.2 Å². The smallest absolute Gasteiger partial charge is 0.258 e. The second kappa shape index (κ2) is 6.08. The number of nitrogens with zero attached hydrogens (tertiary/aromatic N) is 4. The van der Waals surface area contributed by atoms with Gasteiger partial charge in [-0.25, -0.2) is 4.98 Å². The molecule has 0 aliphatic rings. The highest BCUT2D eigenvalue weighted by atomic mass is 32.2. The van der Waals surface area contributed by atoms with E-state index in [9.17, 15) is 13.2 Å². The number of fused-ring (bicyclic) bond motifs is 1. The van der Waals surface area contributed by atoms with E-state index in [-0.39, 0.29) is 5.25 Å². The summed E-state index contributed by atoms with van der Waals surface area (Å²) in [6, 6.07) is 7.04. The Kier molecular flexibility index (Phi) is 4.25. The Labute approximate surface area is 141 Å². The standard InChI is InChI=1S/C16H15F3N4S/c1-9-8-14-21-22-15(23(14)11(3)20-9)24-10(2)12-4-6-13(7-5-12)16(17,18)19/h4-8,10H,1-3H3. The molecular formula is C16H15F3N4S. The molecule has 4 nitrogen and oxygen atoms in total. The van der Waals surface area contributed by atoms with Gasteiger partial charge in [-0.15, -0.1) is 10.2 Å². The van der Waals surface area contributed by atoms with Crippen LogP contribution < -0.4 is 0 Å². The van der Waals surface area contributed by atoms with Gasteiger partial charge in [-0.2, -0.15) is 13.2 Å². The van der Waals surface area contributed by atoms with Crippen LogP contribution >= 0.6 is 11.8 Å². The fourth-order valence-electron chi connectivity index (χ4n) is 2.45. The topological polar surface area (TPSA) is 43.1 Å². The number of hydrogen-bond donors (Lipinski definition) is 0. The number of aromatic nitrogens is 4. The Morgan fingerprint density at radius 2 is 1.75 bits per heavy atom. The second-order valence-electron chi connectivity index (χ2n) is 5.50. The molecule has 0 amide bonds. The van der Waals surface area contributed by atoms with Crippen molar-refractivity contribution in [3.05, 3.63) is 53.0 Å². The highest BCUT2D eigenvalue weighted by molar-refractivity contribution is 7.99. The van der Waals surface area contributed by atoms with Crippen LogP contribution in [0.2, 0.25) is 0 Å². The van der Waals surface area contributed by atoms with Crippen LogP contribution in [-0.2, 0) is 6.18 Å². The Morgan fingerprint density at radius 1 is 1.08 bits per heavy atom. The molecule has 0 spiro atoms. The fraction of sp³-hybridized carbons (Fsp3) is 0.312. The monoisotopic (exact) mass is 352 g/mol. The van der Waals surface area contributed by atoms with Crippen LogP contribution in [0.25, 0.3) is 5.65 Å². The van der Waals surface area contributed by atoms with Gasteiger partial charge in [0.15, 0.2) is 10.8 Å². The molecule has 2 aromatic heterocycles. The van der Waals surface area contributed by atoms with Gasteiger partial charge >= 0.3 is 6.18 Å². The average Bonchev–Trinajstić information content (AvgIpc) is 2.89. The third kappa shape index (κ3) is 3.24. The first kappa shape index (κ1) is 16.8. The van der Waals surface area contributed by atoms with Gasteiger partial charge in [-0.3, -0.25) is 4.40 Å². The minimum atomic E-state index is -4.32. The lowest BCUT2D eigenvalue weighted by Gasteiger charge is -2.13. The van der Waals surface area contributed by atoms with Crippen LogP contribution in [0.3, 0.4) is 0 Å². The Hall–Kier alpha value is -2.09. The fourth-order valence-corrected chi connectivity index (χ4v) is 3.48. The van der Waals surface area contributed by atoms with E-state index in [0.717, 1.165) is 29.2 Å². The molecule has 1 unspecified atom stereocenters. The molecule has 0 N–H and O–H groups in total. The molecule has 0 aliphatic heterocycles. The summed E-state index contributed by atoms with van der Waals surface area (Å²) in [7, 11) is 0. The van der Waals surface area contributed by atoms with Gasteiger partial charge < -0.3 is 0 Å². The number of alkyl halides is 3. The molecule has 24 heavy (non-hydrogen) atoms. The van der Waals surface area contributed by atoms with E-state index in [0.29, 0.717) is 10.8 Å². The van der Waals surface area contributed by atoms with Crippen molar-refractivity contribution in [1.82, 2.24) is 19.6 Å². The highest BCUT2D eigenvalue weighted by Gasteiger charge is 2.30. The maximum Gasteiger partial charge on any atom is 0.416 e. The number of benzene rings is 1. The average molecular weight is 352 g/mol. The van der Waals surface area contributed by atoms with Crippen molar-refractivity contribution >= 4 is 17.4 Å². The van der Waals surface area contributed by atoms with Gasteiger partial charge in [0, 0.05) is 17.0 Å². The van der Waals surface area contributed by atoms with Crippen LogP contribution in [0.4, 0.5) is 13.2 Å². The minimum absolute atomic E-state index is 0.0691. The van der Waals surface area contributed by atoms with Gasteiger partial charge in [-0.1, -0.05) is 23.9 Å². The molecule has 0 saturated carbocycles. The zero-order chi connectivity index (χ0) is 17.5. The van der Waals surface area contributed by atoms with Gasteiger partial charge in [0.05, 0.1) is 5.56 Å². The molecule has 1 atom stereocenters. The Balaban J connectivity index is 1.86. The summed E-state index contributed by atoms with van der Waals surface area (Å²) in [5.74, 6) is 0.775. The maximum absolute atomic E-state index is 12.6. The van der Waals surface area contributed by atoms with Gasteiger partial charge in [0.1, 0.15) is 5.82 Å². The van der Waals surface area contributed by atoms with Crippen molar-refractivity contribution < 1.29 is 13.2 Å². The van der Waals surface area contributed by atoms with Crippen molar-refractivity contribution in [1.29, 1.82) is 0 Å². The molecule has 3 aromatic rings. The van der Waals surface area contributed by atoms with Crippen LogP contribution in [0.1, 0.15) is 34.8 Å². The molecule has 1 aromatic carbocycles. The quantitative estimate of drug-likeness (QED) is 0.646. The maximum atomic E-state index is 12.6. The lowest BCUT2D eigenvalue weighted by Crippen LogP contribution is -2.05. The first-order valence-corrected chi connectivity index (χ1v) is 8.17. The summed E-state index contributed by atoms with van der Waals surface area (Å²) in [6.07, 6.45) is -4.32. The van der Waals surface area contributed by atoms with Crippen molar-refractivity contribution in [3.63, 3.8) is 0 Å². The Bertz CT molecular complexity index is 871. The Morgan fingerprint density at radius 3 is 2.38 bits per heavy atom. The van der Waals surface area contributed by atoms with Crippen LogP contribution in [-0.4, -0.2) is 19.6 Å². The summed E-state index contributed by atoms with van der Waals surface area (Å²) in [4.78, 5) is 4.40. The summed E-state index contributed by atoms with van der Waals surface area (Å²) in [5.41, 5.74) is 1.72. The molecule has 0 saturated heterocycles. The largest absolute Gasteiger partial charge is 0.416 e. The number of rotatable bonds is 3. The third-order valence-electron chi connectivity index (χ3n) is 3.65. The first-order chi connectivity index (χ1) is 11.3. The molecular weight excluding hydrogens is 337 g/mol. The van der Waals surface area contributed by atoms with E-state index >= 15 is 0 Å². The zero-order valence-electron chi connectivity index (χ0n) is 13.3. The lowest BCUT2D eigenvalue weighted by molar-refractivity contribution is -0.137. The SMILES string of the molecule is Cc1cc2nnc(SC(C)c3ccc(C(F)(F)F)cc3)n2c(C)n1. The summed E-state index contributed by atoms with van der Waals surface area (Å²) in [6.45, 7) is 5.68.